The first-order valence-electron chi connectivity index (χ1n) is 10.1. The lowest BCUT2D eigenvalue weighted by Gasteiger charge is -2.54. The molecule has 2 aromatic carbocycles. The number of rotatable bonds is 4. The average Bonchev–Trinajstić information content (AvgIpc) is 2.65. The van der Waals surface area contributed by atoms with Gasteiger partial charge in [0.05, 0.1) is 0 Å². The fraction of sp³-hybridized carbons (Fsp3) is 0.458. The molecule has 1 unspecified atom stereocenters. The van der Waals surface area contributed by atoms with Crippen molar-refractivity contribution in [3.05, 3.63) is 65.2 Å². The molecule has 27 heavy (non-hydrogen) atoms. The second-order valence-electron chi connectivity index (χ2n) is 8.41. The Morgan fingerprint density at radius 2 is 2.00 bits per heavy atom. The SMILES string of the molecule is CC(=O)Oc1ccc2c(c1)[C@@]1(C)CCN(CCc3ccccc3)C(C2)[C@@H]1C. The molecule has 3 nitrogen and oxygen atoms in total. The van der Waals surface area contributed by atoms with Gasteiger partial charge in [0, 0.05) is 19.5 Å². The average molecular weight is 364 g/mol. The lowest BCUT2D eigenvalue weighted by Crippen LogP contribution is -2.58. The Bertz CT molecular complexity index is 832. The van der Waals surface area contributed by atoms with E-state index in [1.54, 1.807) is 0 Å². The molecular formula is C24H29NO2. The summed E-state index contributed by atoms with van der Waals surface area (Å²) >= 11 is 0. The first-order chi connectivity index (χ1) is 13.0. The van der Waals surface area contributed by atoms with Crippen molar-refractivity contribution in [1.82, 2.24) is 4.90 Å². The van der Waals surface area contributed by atoms with E-state index in [4.69, 9.17) is 4.74 Å². The van der Waals surface area contributed by atoms with Gasteiger partial charge in [-0.3, -0.25) is 9.69 Å². The Hall–Kier alpha value is -2.13. The Kier molecular flexibility index (Phi) is 4.81. The number of fused-ring (bicyclic) bond motifs is 4. The zero-order valence-electron chi connectivity index (χ0n) is 16.6. The third-order valence-corrected chi connectivity index (χ3v) is 6.89. The van der Waals surface area contributed by atoms with E-state index >= 15 is 0 Å². The van der Waals surface area contributed by atoms with E-state index in [0.29, 0.717) is 17.7 Å². The minimum Gasteiger partial charge on any atom is -0.427 e. The van der Waals surface area contributed by atoms with Crippen LogP contribution in [-0.2, 0) is 23.1 Å². The highest BCUT2D eigenvalue weighted by Gasteiger charge is 2.48. The number of hydrogen-bond acceptors (Lipinski definition) is 3. The Labute approximate surface area is 162 Å². The summed E-state index contributed by atoms with van der Waals surface area (Å²) in [5, 5.41) is 0. The van der Waals surface area contributed by atoms with Crippen LogP contribution in [0.3, 0.4) is 0 Å². The third kappa shape index (κ3) is 3.41. The van der Waals surface area contributed by atoms with Gasteiger partial charge in [0.15, 0.2) is 0 Å². The quantitative estimate of drug-likeness (QED) is 0.596. The standard InChI is InChI=1S/C24H29NO2/c1-17-23-15-20-9-10-21(27-18(2)26)16-22(20)24(17,3)12-14-25(23)13-11-19-7-5-4-6-8-19/h4-10,16-17,23H,11-15H2,1-3H3/t17-,23?,24-/m0/s1. The van der Waals surface area contributed by atoms with Gasteiger partial charge >= 0.3 is 5.97 Å². The van der Waals surface area contributed by atoms with Crippen LogP contribution in [0.1, 0.15) is 43.9 Å². The molecule has 1 fully saturated rings. The third-order valence-electron chi connectivity index (χ3n) is 6.89. The minimum absolute atomic E-state index is 0.150. The molecule has 0 aromatic heterocycles. The highest BCUT2D eigenvalue weighted by molar-refractivity contribution is 5.69. The maximum absolute atomic E-state index is 11.3. The number of piperidine rings is 1. The summed E-state index contributed by atoms with van der Waals surface area (Å²) in [5.74, 6) is 1.01. The molecule has 2 aliphatic rings. The molecule has 0 spiro atoms. The van der Waals surface area contributed by atoms with Crippen LogP contribution in [0.2, 0.25) is 0 Å². The molecule has 0 amide bonds. The predicted molar refractivity (Wildman–Crippen MR) is 108 cm³/mol. The summed E-state index contributed by atoms with van der Waals surface area (Å²) in [6.45, 7) is 8.52. The van der Waals surface area contributed by atoms with Gasteiger partial charge in [0.25, 0.3) is 0 Å². The summed E-state index contributed by atoms with van der Waals surface area (Å²) in [7, 11) is 0. The molecule has 1 aliphatic heterocycles. The maximum Gasteiger partial charge on any atom is 0.308 e. The van der Waals surface area contributed by atoms with Crippen molar-refractivity contribution in [2.45, 2.75) is 51.5 Å². The number of hydrogen-bond donors (Lipinski definition) is 0. The number of ether oxygens (including phenoxy) is 1. The molecule has 3 heteroatoms. The van der Waals surface area contributed by atoms with E-state index < -0.39 is 0 Å². The normalized spacial score (nSPS) is 27.1. The van der Waals surface area contributed by atoms with Crippen molar-refractivity contribution < 1.29 is 9.53 Å². The van der Waals surface area contributed by atoms with E-state index in [1.165, 1.54) is 23.6 Å². The van der Waals surface area contributed by atoms with E-state index in [0.717, 1.165) is 32.4 Å². The predicted octanol–water partition coefficient (Wildman–Crippen LogP) is 4.38. The molecule has 142 valence electrons. The fourth-order valence-corrected chi connectivity index (χ4v) is 5.11. The second-order valence-corrected chi connectivity index (χ2v) is 8.41. The monoisotopic (exact) mass is 363 g/mol. The summed E-state index contributed by atoms with van der Waals surface area (Å²) in [4.78, 5) is 14.0. The zero-order chi connectivity index (χ0) is 19.0. The van der Waals surface area contributed by atoms with Crippen LogP contribution < -0.4 is 4.74 Å². The summed E-state index contributed by atoms with van der Waals surface area (Å²) in [6.07, 6.45) is 3.34. The Morgan fingerprint density at radius 1 is 1.22 bits per heavy atom. The summed E-state index contributed by atoms with van der Waals surface area (Å²) in [6, 6.07) is 17.6. The smallest absolute Gasteiger partial charge is 0.308 e. The molecule has 0 N–H and O–H groups in total. The molecule has 4 rings (SSSR count). The first kappa shape index (κ1) is 18.2. The van der Waals surface area contributed by atoms with Gasteiger partial charge in [0.1, 0.15) is 5.75 Å². The molecular weight excluding hydrogens is 334 g/mol. The van der Waals surface area contributed by atoms with Crippen LogP contribution in [-0.4, -0.2) is 30.0 Å². The summed E-state index contributed by atoms with van der Waals surface area (Å²) in [5.41, 5.74) is 4.37. The van der Waals surface area contributed by atoms with Crippen molar-refractivity contribution in [3.8, 4) is 5.75 Å². The van der Waals surface area contributed by atoms with Crippen LogP contribution in [0.5, 0.6) is 5.75 Å². The Morgan fingerprint density at radius 3 is 2.74 bits per heavy atom. The highest BCUT2D eigenvalue weighted by atomic mass is 16.5. The van der Waals surface area contributed by atoms with Crippen molar-refractivity contribution in [1.29, 1.82) is 0 Å². The zero-order valence-corrected chi connectivity index (χ0v) is 16.6. The van der Waals surface area contributed by atoms with Gasteiger partial charge in [-0.15, -0.1) is 0 Å². The highest BCUT2D eigenvalue weighted by Crippen LogP contribution is 2.49. The topological polar surface area (TPSA) is 29.5 Å². The van der Waals surface area contributed by atoms with Gasteiger partial charge in [-0.05, 0) is 66.0 Å². The fourth-order valence-electron chi connectivity index (χ4n) is 5.11. The maximum atomic E-state index is 11.3. The van der Waals surface area contributed by atoms with Gasteiger partial charge in [-0.2, -0.15) is 0 Å². The number of likely N-dealkylation sites (tertiary alicyclic amines) is 1. The Balaban J connectivity index is 1.56. The van der Waals surface area contributed by atoms with Crippen LogP contribution in [0.4, 0.5) is 0 Å². The molecule has 0 radical (unpaired) electrons. The van der Waals surface area contributed by atoms with E-state index in [2.05, 4.69) is 61.2 Å². The second kappa shape index (κ2) is 7.12. The first-order valence-corrected chi connectivity index (χ1v) is 10.1. The van der Waals surface area contributed by atoms with Gasteiger partial charge in [-0.1, -0.05) is 50.2 Å². The van der Waals surface area contributed by atoms with Gasteiger partial charge < -0.3 is 4.74 Å². The number of esters is 1. The summed E-state index contributed by atoms with van der Waals surface area (Å²) < 4.78 is 5.36. The number of carbonyl (C=O) groups is 1. The van der Waals surface area contributed by atoms with Crippen molar-refractivity contribution >= 4 is 5.97 Å². The lowest BCUT2D eigenvalue weighted by molar-refractivity contribution is -0.131. The van der Waals surface area contributed by atoms with Crippen LogP contribution in [0, 0.1) is 5.92 Å². The molecule has 0 saturated carbocycles. The van der Waals surface area contributed by atoms with E-state index in [1.807, 2.05) is 6.07 Å². The van der Waals surface area contributed by atoms with Gasteiger partial charge in [-0.25, -0.2) is 0 Å². The van der Waals surface area contributed by atoms with Crippen molar-refractivity contribution in [3.63, 3.8) is 0 Å². The number of carbonyl (C=O) groups excluding carboxylic acids is 1. The largest absolute Gasteiger partial charge is 0.427 e. The number of nitrogens with zero attached hydrogens (tertiary/aromatic N) is 1. The molecule has 1 heterocycles. The molecule has 2 bridgehead atoms. The molecule has 1 aliphatic carbocycles. The van der Waals surface area contributed by atoms with Crippen LogP contribution in [0.25, 0.3) is 0 Å². The van der Waals surface area contributed by atoms with Crippen LogP contribution in [0.15, 0.2) is 48.5 Å². The lowest BCUT2D eigenvalue weighted by atomic mass is 9.59. The molecule has 2 aromatic rings. The van der Waals surface area contributed by atoms with E-state index in [9.17, 15) is 4.79 Å². The van der Waals surface area contributed by atoms with Crippen molar-refractivity contribution in [2.24, 2.45) is 5.92 Å². The van der Waals surface area contributed by atoms with Gasteiger partial charge in [0.2, 0.25) is 0 Å². The number of benzene rings is 2. The van der Waals surface area contributed by atoms with E-state index in [-0.39, 0.29) is 11.4 Å². The minimum atomic E-state index is -0.252. The molecule has 3 atom stereocenters. The van der Waals surface area contributed by atoms with Crippen molar-refractivity contribution in [2.75, 3.05) is 13.1 Å². The van der Waals surface area contributed by atoms with Crippen LogP contribution >= 0.6 is 0 Å². The molecule has 1 saturated heterocycles.